The second kappa shape index (κ2) is 4.74. The van der Waals surface area contributed by atoms with Crippen molar-refractivity contribution in [2.24, 2.45) is 17.6 Å². The Morgan fingerprint density at radius 2 is 1.95 bits per heavy atom. The van der Waals surface area contributed by atoms with Crippen LogP contribution in [0.1, 0.15) is 5.56 Å². The van der Waals surface area contributed by atoms with E-state index < -0.39 is 16.8 Å². The summed E-state index contributed by atoms with van der Waals surface area (Å²) in [5, 5.41) is 0. The van der Waals surface area contributed by atoms with Crippen molar-refractivity contribution in [1.82, 2.24) is 4.90 Å². The summed E-state index contributed by atoms with van der Waals surface area (Å²) in [6.45, 7) is 0. The van der Waals surface area contributed by atoms with Crippen LogP contribution in [0.15, 0.2) is 54.6 Å². The van der Waals surface area contributed by atoms with Gasteiger partial charge in [-0.25, -0.2) is 0 Å². The predicted molar refractivity (Wildman–Crippen MR) is 85.7 cm³/mol. The molecule has 4 nitrogen and oxygen atoms in total. The molecule has 4 rings (SSSR count). The van der Waals surface area contributed by atoms with Gasteiger partial charge in [-0.05, 0) is 5.56 Å². The van der Waals surface area contributed by atoms with E-state index in [2.05, 4.69) is 6.08 Å². The molecule has 1 aromatic rings. The van der Waals surface area contributed by atoms with Gasteiger partial charge in [0.25, 0.3) is 0 Å². The van der Waals surface area contributed by atoms with Gasteiger partial charge in [-0.15, -0.1) is 11.8 Å². The summed E-state index contributed by atoms with van der Waals surface area (Å²) in [6, 6.07) is 9.43. The number of fused-ring (bicyclic) bond motifs is 3. The Morgan fingerprint density at radius 3 is 2.68 bits per heavy atom. The zero-order valence-electron chi connectivity index (χ0n) is 11.9. The van der Waals surface area contributed by atoms with Crippen molar-refractivity contribution in [2.45, 2.75) is 10.9 Å². The van der Waals surface area contributed by atoms with E-state index in [0.717, 1.165) is 5.56 Å². The Hall–Kier alpha value is -2.01. The minimum atomic E-state index is -0.537. The van der Waals surface area contributed by atoms with Gasteiger partial charge in [0.2, 0.25) is 11.8 Å². The summed E-state index contributed by atoms with van der Waals surface area (Å²) in [4.78, 5) is 26.0. The topological polar surface area (TPSA) is 63.4 Å². The van der Waals surface area contributed by atoms with E-state index in [9.17, 15) is 9.59 Å². The molecule has 2 amide bonds. The number of hydrogen-bond acceptors (Lipinski definition) is 3. The third kappa shape index (κ3) is 1.60. The Balaban J connectivity index is 1.92. The number of benzene rings is 1. The maximum absolute atomic E-state index is 12.9. The Labute approximate surface area is 133 Å². The van der Waals surface area contributed by atoms with Crippen LogP contribution in [-0.4, -0.2) is 28.5 Å². The molecule has 0 bridgehead atoms. The van der Waals surface area contributed by atoms with Gasteiger partial charge in [0.15, 0.2) is 0 Å². The fourth-order valence-corrected chi connectivity index (χ4v) is 5.64. The molecule has 0 aromatic heterocycles. The third-order valence-electron chi connectivity index (χ3n) is 4.76. The molecule has 0 saturated carbocycles. The first-order valence-corrected chi connectivity index (χ1v) is 8.32. The molecular formula is C17H16N2O2S. The first-order valence-electron chi connectivity index (χ1n) is 7.33. The summed E-state index contributed by atoms with van der Waals surface area (Å²) in [5.41, 5.74) is 6.62. The highest BCUT2D eigenvalue weighted by Crippen LogP contribution is 2.60. The van der Waals surface area contributed by atoms with E-state index in [0.29, 0.717) is 5.75 Å². The highest BCUT2D eigenvalue weighted by Gasteiger charge is 2.64. The van der Waals surface area contributed by atoms with Gasteiger partial charge in [-0.3, -0.25) is 9.59 Å². The Kier molecular flexibility index (Phi) is 2.94. The largest absolute Gasteiger partial charge is 0.368 e. The number of hydrogen-bond donors (Lipinski definition) is 1. The van der Waals surface area contributed by atoms with Crippen molar-refractivity contribution >= 4 is 23.6 Å². The molecule has 2 N–H and O–H groups in total. The summed E-state index contributed by atoms with van der Waals surface area (Å²) < 4.78 is 0. The lowest BCUT2D eigenvalue weighted by Gasteiger charge is -2.37. The van der Waals surface area contributed by atoms with Crippen molar-refractivity contribution in [1.29, 1.82) is 0 Å². The molecule has 2 saturated heterocycles. The fourth-order valence-electron chi connectivity index (χ4n) is 3.83. The number of nitrogens with zero attached hydrogens (tertiary/aromatic N) is 1. The third-order valence-corrected chi connectivity index (χ3v) is 6.38. The van der Waals surface area contributed by atoms with Crippen molar-refractivity contribution in [3.05, 3.63) is 60.2 Å². The van der Waals surface area contributed by atoms with Gasteiger partial charge >= 0.3 is 0 Å². The molecule has 4 unspecified atom stereocenters. The standard InChI is InChI=1S/C17H16N2O2S/c18-15(20)14-10-22-17(11-6-2-1-3-7-11)13-9-5-4-8-12(13)16(21)19(14)17/h1-9,12-14H,10H2,(H2,18,20). The van der Waals surface area contributed by atoms with Crippen LogP contribution in [-0.2, 0) is 14.5 Å². The van der Waals surface area contributed by atoms with Crippen LogP contribution < -0.4 is 5.73 Å². The van der Waals surface area contributed by atoms with E-state index in [1.807, 2.05) is 48.6 Å². The number of primary amides is 1. The number of amides is 2. The van der Waals surface area contributed by atoms with Crippen molar-refractivity contribution in [2.75, 3.05) is 5.75 Å². The molecule has 5 heteroatoms. The number of nitrogens with two attached hydrogens (primary N) is 1. The zero-order valence-corrected chi connectivity index (χ0v) is 12.7. The van der Waals surface area contributed by atoms with Gasteiger partial charge < -0.3 is 10.6 Å². The average molecular weight is 312 g/mol. The van der Waals surface area contributed by atoms with Crippen LogP contribution in [0.2, 0.25) is 0 Å². The van der Waals surface area contributed by atoms with Crippen LogP contribution in [0.3, 0.4) is 0 Å². The van der Waals surface area contributed by atoms with E-state index in [-0.39, 0.29) is 17.7 Å². The molecule has 2 aliphatic heterocycles. The van der Waals surface area contributed by atoms with E-state index in [4.69, 9.17) is 5.73 Å². The number of thioether (sulfide) groups is 1. The average Bonchev–Trinajstić information content (AvgIpc) is 3.06. The van der Waals surface area contributed by atoms with Gasteiger partial charge in [0.1, 0.15) is 10.9 Å². The number of carbonyl (C=O) groups excluding carboxylic acids is 2. The maximum Gasteiger partial charge on any atom is 0.241 e. The van der Waals surface area contributed by atoms with E-state index >= 15 is 0 Å². The van der Waals surface area contributed by atoms with Crippen LogP contribution in [0.25, 0.3) is 0 Å². The minimum absolute atomic E-state index is 0.00301. The summed E-state index contributed by atoms with van der Waals surface area (Å²) in [5.74, 6) is -0.0494. The molecule has 2 fully saturated rings. The van der Waals surface area contributed by atoms with E-state index in [1.54, 1.807) is 16.7 Å². The Morgan fingerprint density at radius 1 is 1.23 bits per heavy atom. The Bertz CT molecular complexity index is 700. The SMILES string of the molecule is NC(=O)C1CSC2(c3ccccc3)C3C=CC=CC3C(=O)N12. The zero-order chi connectivity index (χ0) is 15.3. The normalized spacial score (nSPS) is 35.5. The lowest BCUT2D eigenvalue weighted by Crippen LogP contribution is -2.49. The molecule has 1 aromatic carbocycles. The maximum atomic E-state index is 12.9. The van der Waals surface area contributed by atoms with Gasteiger partial charge in [-0.1, -0.05) is 54.6 Å². The second-order valence-electron chi connectivity index (χ2n) is 5.82. The van der Waals surface area contributed by atoms with Gasteiger partial charge in [0, 0.05) is 11.7 Å². The van der Waals surface area contributed by atoms with Crippen LogP contribution in [0.4, 0.5) is 0 Å². The minimum Gasteiger partial charge on any atom is -0.368 e. The second-order valence-corrected chi connectivity index (χ2v) is 7.07. The molecule has 2 heterocycles. The number of rotatable bonds is 2. The highest BCUT2D eigenvalue weighted by molar-refractivity contribution is 8.00. The van der Waals surface area contributed by atoms with Crippen molar-refractivity contribution in [3.8, 4) is 0 Å². The monoisotopic (exact) mass is 312 g/mol. The van der Waals surface area contributed by atoms with Crippen molar-refractivity contribution in [3.63, 3.8) is 0 Å². The first kappa shape index (κ1) is 13.6. The molecular weight excluding hydrogens is 296 g/mol. The molecule has 3 aliphatic rings. The van der Waals surface area contributed by atoms with Crippen LogP contribution in [0, 0.1) is 11.8 Å². The first-order chi connectivity index (χ1) is 10.7. The highest BCUT2D eigenvalue weighted by atomic mass is 32.2. The summed E-state index contributed by atoms with van der Waals surface area (Å²) in [6.07, 6.45) is 7.92. The fraction of sp³-hybridized carbons (Fsp3) is 0.294. The molecule has 4 atom stereocenters. The summed E-state index contributed by atoms with van der Waals surface area (Å²) in [7, 11) is 0. The lowest BCUT2D eigenvalue weighted by atomic mass is 9.83. The number of allylic oxidation sites excluding steroid dienone is 2. The number of carbonyl (C=O) groups is 2. The van der Waals surface area contributed by atoms with E-state index in [1.165, 1.54) is 0 Å². The molecule has 1 aliphatic carbocycles. The lowest BCUT2D eigenvalue weighted by molar-refractivity contribution is -0.138. The quantitative estimate of drug-likeness (QED) is 0.903. The van der Waals surface area contributed by atoms with Gasteiger partial charge in [0.05, 0.1) is 5.92 Å². The van der Waals surface area contributed by atoms with Crippen molar-refractivity contribution < 1.29 is 9.59 Å². The predicted octanol–water partition coefficient (Wildman–Crippen LogP) is 1.64. The van der Waals surface area contributed by atoms with Crippen LogP contribution >= 0.6 is 11.8 Å². The molecule has 0 radical (unpaired) electrons. The smallest absolute Gasteiger partial charge is 0.241 e. The molecule has 112 valence electrons. The van der Waals surface area contributed by atoms with Gasteiger partial charge in [-0.2, -0.15) is 0 Å². The molecule has 22 heavy (non-hydrogen) atoms. The summed E-state index contributed by atoms with van der Waals surface area (Å²) >= 11 is 1.66. The molecule has 0 spiro atoms. The van der Waals surface area contributed by atoms with Crippen LogP contribution in [0.5, 0.6) is 0 Å².